The van der Waals surface area contributed by atoms with Crippen LogP contribution < -0.4 is -0.212 Å². The van der Waals surface area contributed by atoms with Gasteiger partial charge in [-0.1, -0.05) is 0 Å². The first-order valence-electron chi connectivity index (χ1n) is 2.59. The third-order valence-corrected chi connectivity index (χ3v) is 3.80. The molecule has 1 aromatic rings. The van der Waals surface area contributed by atoms with Gasteiger partial charge >= 0.3 is 110 Å². The normalized spacial score (nSPS) is 10.1. The average molecular weight is 221 g/mol. The summed E-state index contributed by atoms with van der Waals surface area (Å²) in [5.41, 5.74) is 0. The summed E-state index contributed by atoms with van der Waals surface area (Å²) in [5.74, 6) is 0. The quantitative estimate of drug-likeness (QED) is 0.480. The zero-order valence-electron chi connectivity index (χ0n) is 5.16. The van der Waals surface area contributed by atoms with Gasteiger partial charge in [-0.3, -0.25) is 0 Å². The number of hydrogen-bond donors (Lipinski definition) is 0. The topological polar surface area (TPSA) is 12.9 Å². The van der Waals surface area contributed by atoms with Gasteiger partial charge in [0, 0.05) is 0 Å². The van der Waals surface area contributed by atoms with Crippen molar-refractivity contribution >= 4 is 83.5 Å². The van der Waals surface area contributed by atoms with Crippen molar-refractivity contribution in [2.45, 2.75) is 0 Å². The van der Waals surface area contributed by atoms with E-state index in [1.807, 2.05) is 0 Å². The van der Waals surface area contributed by atoms with Crippen LogP contribution >= 0.6 is 34.8 Å². The molecular weight excluding hydrogens is 220 g/mol. The van der Waals surface area contributed by atoms with Gasteiger partial charge in [-0.15, -0.1) is 0 Å². The minimum absolute atomic E-state index is 0.342. The van der Waals surface area contributed by atoms with Gasteiger partial charge < -0.3 is 0 Å². The van der Waals surface area contributed by atoms with Crippen LogP contribution in [0.25, 0.3) is 0 Å². The van der Waals surface area contributed by atoms with Gasteiger partial charge in [-0.05, 0) is 0 Å². The Labute approximate surface area is 108 Å². The third-order valence-electron chi connectivity index (χ3n) is 1.06. The first-order valence-corrected chi connectivity index (χ1v) is 5.29. The van der Waals surface area contributed by atoms with Crippen molar-refractivity contribution in [1.29, 1.82) is 0 Å². The molecule has 0 amide bonds. The van der Waals surface area contributed by atoms with Gasteiger partial charge in [0.25, 0.3) is 0 Å². The molecule has 0 N–H and O–H groups in total. The van der Waals surface area contributed by atoms with Crippen LogP contribution in [-0.4, -0.2) is 53.9 Å². The van der Waals surface area contributed by atoms with Crippen LogP contribution in [0.1, 0.15) is 0 Å². The molecule has 0 aliphatic heterocycles. The van der Waals surface area contributed by atoms with E-state index in [1.54, 1.807) is 6.07 Å². The van der Waals surface area contributed by atoms with Crippen molar-refractivity contribution in [2.24, 2.45) is 0 Å². The first kappa shape index (κ1) is 9.74. The zero-order valence-corrected chi connectivity index (χ0v) is 10.5. The number of pyridine rings is 1. The Morgan fingerprint density at radius 1 is 1.20 bits per heavy atom. The van der Waals surface area contributed by atoms with Crippen molar-refractivity contribution < 1.29 is 0 Å². The van der Waals surface area contributed by atoms with Gasteiger partial charge in [0.15, 0.2) is 0 Å². The van der Waals surface area contributed by atoms with Crippen molar-refractivity contribution in [3.05, 3.63) is 21.3 Å². The Morgan fingerprint density at radius 2 is 1.80 bits per heavy atom. The summed E-state index contributed by atoms with van der Waals surface area (Å²) < 4.78 is 0.878. The predicted molar refractivity (Wildman–Crippen MR) is 44.7 cm³/mol. The molecule has 0 radical (unpaired) electrons. The molecule has 0 spiro atoms. The van der Waals surface area contributed by atoms with Crippen LogP contribution in [0.4, 0.5) is 0 Å². The molecule has 0 aliphatic carbocycles. The van der Waals surface area contributed by atoms with Gasteiger partial charge in [0.05, 0.1) is 0 Å². The molecule has 1 rings (SSSR count). The molecule has 0 unspecified atom stereocenters. The van der Waals surface area contributed by atoms with E-state index in [4.69, 9.17) is 34.8 Å². The number of nitrogens with zero attached hydrogens (tertiary/aromatic N) is 1. The molecule has 5 heteroatoms. The van der Waals surface area contributed by atoms with Crippen LogP contribution in [0, 0.1) is 0 Å². The van der Waals surface area contributed by atoms with Crippen molar-refractivity contribution in [3.63, 3.8) is 0 Å². The fourth-order valence-corrected chi connectivity index (χ4v) is 1.87. The van der Waals surface area contributed by atoms with E-state index in [-0.39, 0.29) is 0 Å². The Bertz CT molecular complexity index is 213. The molecule has 0 atom stereocenters. The minimum atomic E-state index is 0.342. The summed E-state index contributed by atoms with van der Waals surface area (Å²) in [4.78, 5) is 3.96. The number of hydrogen-bond acceptors (Lipinski definition) is 1. The van der Waals surface area contributed by atoms with Crippen molar-refractivity contribution in [3.8, 4) is 0 Å². The molecule has 0 bridgehead atoms. The summed E-state index contributed by atoms with van der Waals surface area (Å²) in [6.45, 7) is 0. The Balaban J connectivity index is 3.28. The number of aromatic nitrogens is 1. The fourth-order valence-electron chi connectivity index (χ4n) is 0.529. The summed E-state index contributed by atoms with van der Waals surface area (Å²) in [6, 6.07) is 1.62. The van der Waals surface area contributed by atoms with E-state index >= 15 is 0 Å². The van der Waals surface area contributed by atoms with E-state index in [2.05, 4.69) is 4.98 Å². The zero-order chi connectivity index (χ0) is 7.72. The average Bonchev–Trinajstić information content (AvgIpc) is 1.84. The maximum absolute atomic E-state index is 5.73. The molecule has 48 valence electrons. The Hall–Kier alpha value is 1.66. The van der Waals surface area contributed by atoms with E-state index in [1.165, 1.54) is 0 Å². The predicted octanol–water partition coefficient (Wildman–Crippen LogP) is 1.84. The standard InChI is InChI=1S/C5HCl3N.K/c6-3-1-4(7)5(8)9-2-3;/h1H;. The number of halogens is 3. The second kappa shape index (κ2) is 4.05. The molecule has 0 fully saturated rings. The maximum atomic E-state index is 5.73. The second-order valence-electron chi connectivity index (χ2n) is 1.83. The van der Waals surface area contributed by atoms with Gasteiger partial charge in [-0.2, -0.15) is 0 Å². The molecule has 1 aromatic heterocycles. The SMILES string of the molecule is Clc1cc(Cl)[c]([K])nc1Cl. The van der Waals surface area contributed by atoms with Crippen molar-refractivity contribution in [1.82, 2.24) is 4.98 Å². The van der Waals surface area contributed by atoms with Crippen LogP contribution in [0.3, 0.4) is 0 Å². The van der Waals surface area contributed by atoms with Gasteiger partial charge in [0.2, 0.25) is 0 Å². The van der Waals surface area contributed by atoms with Gasteiger partial charge in [-0.25, -0.2) is 0 Å². The van der Waals surface area contributed by atoms with Crippen LogP contribution in [0.5, 0.6) is 0 Å². The molecule has 0 saturated heterocycles. The summed E-state index contributed by atoms with van der Waals surface area (Å²) in [6.07, 6.45) is 0. The van der Waals surface area contributed by atoms with E-state index < -0.39 is 0 Å². The molecular formula is C5HCl3KN. The van der Waals surface area contributed by atoms with E-state index in [0.717, 1.165) is -0.212 Å². The molecule has 0 aliphatic rings. The van der Waals surface area contributed by atoms with E-state index in [0.29, 0.717) is 64.2 Å². The van der Waals surface area contributed by atoms with E-state index in [9.17, 15) is 0 Å². The van der Waals surface area contributed by atoms with Crippen molar-refractivity contribution in [2.75, 3.05) is 0 Å². The van der Waals surface area contributed by atoms with Crippen LogP contribution in [-0.2, 0) is 0 Å². The monoisotopic (exact) mass is 219 g/mol. The molecule has 0 aromatic carbocycles. The third kappa shape index (κ3) is 2.32. The first-order chi connectivity index (χ1) is 4.61. The summed E-state index contributed by atoms with van der Waals surface area (Å²) in [7, 11) is 0. The number of rotatable bonds is 0. The second-order valence-corrected chi connectivity index (χ2v) is 4.48. The van der Waals surface area contributed by atoms with Crippen LogP contribution in [0.15, 0.2) is 6.07 Å². The summed E-state index contributed by atoms with van der Waals surface area (Å²) >= 11 is 17.4. The molecule has 1 nitrogen and oxygen atoms in total. The Kier molecular flexibility index (Phi) is 3.95. The summed E-state index contributed by atoms with van der Waals surface area (Å²) in [5, 5.41) is 1.38. The fraction of sp³-hybridized carbons (Fsp3) is 0. The molecule has 10 heavy (non-hydrogen) atoms. The molecule has 1 heterocycles. The Morgan fingerprint density at radius 3 is 2.30 bits per heavy atom. The molecule has 0 saturated carbocycles. The van der Waals surface area contributed by atoms with Crippen LogP contribution in [0.2, 0.25) is 15.2 Å². The van der Waals surface area contributed by atoms with Gasteiger partial charge in [0.1, 0.15) is 0 Å².